The molecular weight excluding hydrogens is 317 g/mol. The zero-order valence-corrected chi connectivity index (χ0v) is 12.6. The molecule has 1 N–H and O–H groups in total. The summed E-state index contributed by atoms with van der Waals surface area (Å²) in [6, 6.07) is 13.1. The Balaban J connectivity index is 1.83. The highest BCUT2D eigenvalue weighted by Gasteiger charge is 2.09. The molecule has 0 saturated carbocycles. The first kappa shape index (κ1) is 13.6. The summed E-state index contributed by atoms with van der Waals surface area (Å²) in [7, 11) is 0. The maximum absolute atomic E-state index is 6.12. The zero-order valence-electron chi connectivity index (χ0n) is 10.3. The number of nitrogens with one attached hydrogen (secondary N) is 1. The molecule has 0 aliphatic rings. The van der Waals surface area contributed by atoms with Gasteiger partial charge in [0.05, 0.1) is 22.3 Å². The summed E-state index contributed by atoms with van der Waals surface area (Å²) in [4.78, 5) is 0. The first-order chi connectivity index (χ1) is 9.63. The van der Waals surface area contributed by atoms with E-state index in [9.17, 15) is 0 Å². The average Bonchev–Trinajstić information content (AvgIpc) is 2.80. The standard InChI is InChI=1S/C15H10Cl3NO/c16-10-6-12(17)15(13(18)7-10)19-8-11-5-9-3-1-2-4-14(9)20-11/h1-7,19H,8H2. The minimum Gasteiger partial charge on any atom is -0.459 e. The normalized spacial score (nSPS) is 10.9. The molecule has 3 aromatic rings. The maximum atomic E-state index is 6.12. The van der Waals surface area contributed by atoms with Crippen LogP contribution in [0.1, 0.15) is 5.76 Å². The van der Waals surface area contributed by atoms with Crippen molar-refractivity contribution in [3.05, 3.63) is 63.3 Å². The Kier molecular flexibility index (Phi) is 3.79. The molecule has 0 fully saturated rings. The summed E-state index contributed by atoms with van der Waals surface area (Å²) in [5.74, 6) is 0.813. The highest BCUT2D eigenvalue weighted by atomic mass is 35.5. The quantitative estimate of drug-likeness (QED) is 0.638. The van der Waals surface area contributed by atoms with Gasteiger partial charge in [-0.3, -0.25) is 0 Å². The molecule has 5 heteroatoms. The minimum absolute atomic E-state index is 0.485. The van der Waals surface area contributed by atoms with Gasteiger partial charge in [-0.1, -0.05) is 53.0 Å². The van der Waals surface area contributed by atoms with Crippen LogP contribution in [0.25, 0.3) is 11.0 Å². The van der Waals surface area contributed by atoms with Gasteiger partial charge < -0.3 is 9.73 Å². The van der Waals surface area contributed by atoms with Crippen molar-refractivity contribution in [1.82, 2.24) is 0 Å². The van der Waals surface area contributed by atoms with Crippen molar-refractivity contribution >= 4 is 51.5 Å². The molecule has 0 saturated heterocycles. The fraction of sp³-hybridized carbons (Fsp3) is 0.0667. The highest BCUT2D eigenvalue weighted by Crippen LogP contribution is 2.34. The summed E-state index contributed by atoms with van der Waals surface area (Å²) in [5.41, 5.74) is 1.51. The Bertz CT molecular complexity index is 711. The number of anilines is 1. The zero-order chi connectivity index (χ0) is 14.1. The Morgan fingerprint density at radius 2 is 1.65 bits per heavy atom. The van der Waals surface area contributed by atoms with Gasteiger partial charge in [0.25, 0.3) is 0 Å². The lowest BCUT2D eigenvalue weighted by molar-refractivity contribution is 0.559. The van der Waals surface area contributed by atoms with Crippen molar-refractivity contribution in [2.24, 2.45) is 0 Å². The Hall–Kier alpha value is -1.35. The number of hydrogen-bond acceptors (Lipinski definition) is 2. The smallest absolute Gasteiger partial charge is 0.134 e. The second-order valence-electron chi connectivity index (χ2n) is 4.35. The molecule has 2 aromatic carbocycles. The first-order valence-corrected chi connectivity index (χ1v) is 7.13. The van der Waals surface area contributed by atoms with Crippen LogP contribution in [0.2, 0.25) is 15.1 Å². The third-order valence-electron chi connectivity index (χ3n) is 2.92. The fourth-order valence-electron chi connectivity index (χ4n) is 2.01. The van der Waals surface area contributed by atoms with E-state index in [1.807, 2.05) is 30.3 Å². The summed E-state index contributed by atoms with van der Waals surface area (Å²) in [5, 5.41) is 5.71. The maximum Gasteiger partial charge on any atom is 0.134 e. The van der Waals surface area contributed by atoms with Crippen LogP contribution in [-0.2, 0) is 6.54 Å². The van der Waals surface area contributed by atoms with E-state index in [4.69, 9.17) is 39.2 Å². The predicted molar refractivity (Wildman–Crippen MR) is 85.0 cm³/mol. The lowest BCUT2D eigenvalue weighted by Crippen LogP contribution is -1.99. The second-order valence-corrected chi connectivity index (χ2v) is 5.60. The summed E-state index contributed by atoms with van der Waals surface area (Å²) in [6.07, 6.45) is 0. The fourth-order valence-corrected chi connectivity index (χ4v) is 2.96. The van der Waals surface area contributed by atoms with E-state index in [-0.39, 0.29) is 0 Å². The van der Waals surface area contributed by atoms with E-state index in [1.165, 1.54) is 0 Å². The van der Waals surface area contributed by atoms with Crippen molar-refractivity contribution < 1.29 is 4.42 Å². The van der Waals surface area contributed by atoms with E-state index in [2.05, 4.69) is 5.32 Å². The lowest BCUT2D eigenvalue weighted by Gasteiger charge is -2.09. The van der Waals surface area contributed by atoms with Crippen LogP contribution in [0.4, 0.5) is 5.69 Å². The number of benzene rings is 2. The van der Waals surface area contributed by atoms with E-state index in [0.29, 0.717) is 27.3 Å². The SMILES string of the molecule is Clc1cc(Cl)c(NCc2cc3ccccc3o2)c(Cl)c1. The number of rotatable bonds is 3. The Morgan fingerprint density at radius 1 is 0.950 bits per heavy atom. The van der Waals surface area contributed by atoms with E-state index >= 15 is 0 Å². The van der Waals surface area contributed by atoms with E-state index < -0.39 is 0 Å². The first-order valence-electron chi connectivity index (χ1n) is 5.99. The second kappa shape index (κ2) is 5.57. The van der Waals surface area contributed by atoms with Gasteiger partial charge in [-0.2, -0.15) is 0 Å². The van der Waals surface area contributed by atoms with Crippen LogP contribution in [0, 0.1) is 0 Å². The van der Waals surface area contributed by atoms with Gasteiger partial charge in [-0.05, 0) is 24.3 Å². The number of halogens is 3. The molecule has 0 radical (unpaired) electrons. The van der Waals surface area contributed by atoms with Crippen LogP contribution in [0.3, 0.4) is 0 Å². The van der Waals surface area contributed by atoms with Crippen molar-refractivity contribution in [1.29, 1.82) is 0 Å². The number of fused-ring (bicyclic) bond motifs is 1. The molecule has 3 rings (SSSR count). The molecule has 0 unspecified atom stereocenters. The third kappa shape index (κ3) is 2.73. The Labute approximate surface area is 131 Å². The molecule has 1 aromatic heterocycles. The van der Waals surface area contributed by atoms with Crippen molar-refractivity contribution in [3.8, 4) is 0 Å². The van der Waals surface area contributed by atoms with Crippen molar-refractivity contribution in [2.45, 2.75) is 6.54 Å². The summed E-state index contributed by atoms with van der Waals surface area (Å²) in [6.45, 7) is 0.496. The third-order valence-corrected chi connectivity index (χ3v) is 3.74. The van der Waals surface area contributed by atoms with Crippen LogP contribution in [-0.4, -0.2) is 0 Å². The molecular formula is C15H10Cl3NO. The number of hydrogen-bond donors (Lipinski definition) is 1. The van der Waals surface area contributed by atoms with Gasteiger partial charge in [0.1, 0.15) is 11.3 Å². The van der Waals surface area contributed by atoms with E-state index in [1.54, 1.807) is 12.1 Å². The number of para-hydroxylation sites is 1. The molecule has 0 amide bonds. The van der Waals surface area contributed by atoms with Gasteiger partial charge in [0, 0.05) is 10.4 Å². The number of furan rings is 1. The molecule has 0 bridgehead atoms. The molecule has 102 valence electrons. The lowest BCUT2D eigenvalue weighted by atomic mass is 10.2. The predicted octanol–water partition coefficient (Wildman–Crippen LogP) is 6.01. The van der Waals surface area contributed by atoms with Gasteiger partial charge in [0.15, 0.2) is 0 Å². The van der Waals surface area contributed by atoms with Gasteiger partial charge in [-0.15, -0.1) is 0 Å². The molecule has 0 aliphatic heterocycles. The van der Waals surface area contributed by atoms with E-state index in [0.717, 1.165) is 16.7 Å². The molecule has 0 aliphatic carbocycles. The van der Waals surface area contributed by atoms with Crippen molar-refractivity contribution in [2.75, 3.05) is 5.32 Å². The van der Waals surface area contributed by atoms with Gasteiger partial charge in [0.2, 0.25) is 0 Å². The van der Waals surface area contributed by atoms with Gasteiger partial charge in [-0.25, -0.2) is 0 Å². The molecule has 0 atom stereocenters. The van der Waals surface area contributed by atoms with Crippen LogP contribution in [0.15, 0.2) is 46.9 Å². The molecule has 0 spiro atoms. The Morgan fingerprint density at radius 3 is 2.35 bits per heavy atom. The van der Waals surface area contributed by atoms with Crippen molar-refractivity contribution in [3.63, 3.8) is 0 Å². The van der Waals surface area contributed by atoms with Crippen LogP contribution >= 0.6 is 34.8 Å². The summed E-state index contributed by atoms with van der Waals surface area (Å²) < 4.78 is 5.72. The van der Waals surface area contributed by atoms with Gasteiger partial charge >= 0.3 is 0 Å². The highest BCUT2D eigenvalue weighted by molar-refractivity contribution is 6.41. The van der Waals surface area contributed by atoms with Crippen LogP contribution < -0.4 is 5.32 Å². The molecule has 2 nitrogen and oxygen atoms in total. The largest absolute Gasteiger partial charge is 0.459 e. The average molecular weight is 327 g/mol. The van der Waals surface area contributed by atoms with Crippen LogP contribution in [0.5, 0.6) is 0 Å². The molecule has 1 heterocycles. The monoisotopic (exact) mass is 325 g/mol. The summed E-state index contributed by atoms with van der Waals surface area (Å²) >= 11 is 18.1. The minimum atomic E-state index is 0.485. The molecule has 20 heavy (non-hydrogen) atoms. The topological polar surface area (TPSA) is 25.2 Å².